The van der Waals surface area contributed by atoms with Gasteiger partial charge in [-0.25, -0.2) is 5.01 Å². The van der Waals surface area contributed by atoms with Crippen LogP contribution >= 0.6 is 11.6 Å². The van der Waals surface area contributed by atoms with Gasteiger partial charge in [-0.15, -0.1) is 0 Å². The van der Waals surface area contributed by atoms with Crippen molar-refractivity contribution >= 4 is 17.3 Å². The topological polar surface area (TPSA) is 58.5 Å². The summed E-state index contributed by atoms with van der Waals surface area (Å²) in [4.78, 5) is 2.36. The van der Waals surface area contributed by atoms with Crippen LogP contribution in [0.1, 0.15) is 24.0 Å². The minimum Gasteiger partial charge on any atom is -0.353 e. The number of anilines is 1. The van der Waals surface area contributed by atoms with Crippen LogP contribution in [0.5, 0.6) is 0 Å². The van der Waals surface area contributed by atoms with E-state index in [4.69, 9.17) is 23.2 Å². The van der Waals surface area contributed by atoms with Crippen LogP contribution in [0.15, 0.2) is 36.4 Å². The quantitative estimate of drug-likeness (QED) is 0.850. The lowest BCUT2D eigenvalue weighted by Gasteiger charge is -2.37. The molecule has 2 aromatic carbocycles. The predicted octanol–water partition coefficient (Wildman–Crippen LogP) is 3.08. The second kappa shape index (κ2) is 5.80. The summed E-state index contributed by atoms with van der Waals surface area (Å²) in [7, 11) is 0. The van der Waals surface area contributed by atoms with Crippen LogP contribution in [0.25, 0.3) is 11.1 Å². The fourth-order valence-corrected chi connectivity index (χ4v) is 3.75. The lowest BCUT2D eigenvalue weighted by Crippen LogP contribution is -2.47. The molecule has 0 spiro atoms. The summed E-state index contributed by atoms with van der Waals surface area (Å²) in [6, 6.07) is 13.1. The molecule has 0 aromatic heterocycles. The average Bonchev–Trinajstić information content (AvgIpc) is 3.39. The maximum atomic E-state index is 6.84. The second-order valence-electron chi connectivity index (χ2n) is 6.43. The number of nitrogens with zero attached hydrogens (tertiary/aromatic N) is 2. The SMILES string of the molecule is NCc1cccc(-c2ccc3c(c2Cl)N(C2CC2)CN(N)C3)c1. The Labute approximate surface area is 141 Å². The first kappa shape index (κ1) is 15.0. The van der Waals surface area contributed by atoms with Gasteiger partial charge in [-0.1, -0.05) is 41.9 Å². The zero-order valence-electron chi connectivity index (χ0n) is 13.0. The predicted molar refractivity (Wildman–Crippen MR) is 94.9 cm³/mol. The Hall–Kier alpha value is -1.59. The number of rotatable bonds is 3. The highest BCUT2D eigenvalue weighted by Crippen LogP contribution is 2.44. The number of benzene rings is 2. The third-order valence-corrected chi connectivity index (χ3v) is 5.04. The summed E-state index contributed by atoms with van der Waals surface area (Å²) in [6.07, 6.45) is 2.44. The number of hydrazine groups is 1. The van der Waals surface area contributed by atoms with Crippen molar-refractivity contribution in [3.05, 3.63) is 52.5 Å². The number of hydrogen-bond acceptors (Lipinski definition) is 4. The summed E-state index contributed by atoms with van der Waals surface area (Å²) in [5.41, 5.74) is 11.4. The third kappa shape index (κ3) is 2.72. The molecule has 1 fully saturated rings. The van der Waals surface area contributed by atoms with Gasteiger partial charge in [-0.05, 0) is 35.6 Å². The van der Waals surface area contributed by atoms with Crippen molar-refractivity contribution in [1.82, 2.24) is 5.01 Å². The average molecular weight is 329 g/mol. The van der Waals surface area contributed by atoms with Crippen molar-refractivity contribution in [2.24, 2.45) is 11.6 Å². The fourth-order valence-electron chi connectivity index (χ4n) is 3.35. The molecule has 0 saturated heterocycles. The Bertz CT molecular complexity index is 742. The first-order chi connectivity index (χ1) is 11.2. The molecule has 2 aliphatic rings. The highest BCUT2D eigenvalue weighted by atomic mass is 35.5. The number of nitrogens with two attached hydrogens (primary N) is 2. The van der Waals surface area contributed by atoms with E-state index in [0.29, 0.717) is 12.6 Å². The van der Waals surface area contributed by atoms with E-state index in [1.165, 1.54) is 18.4 Å². The van der Waals surface area contributed by atoms with E-state index in [9.17, 15) is 0 Å². The van der Waals surface area contributed by atoms with Crippen LogP contribution in [-0.2, 0) is 13.1 Å². The molecule has 1 aliphatic heterocycles. The first-order valence-electron chi connectivity index (χ1n) is 8.04. The van der Waals surface area contributed by atoms with Crippen LogP contribution in [-0.4, -0.2) is 17.7 Å². The molecule has 1 heterocycles. The number of fused-ring (bicyclic) bond motifs is 1. The smallest absolute Gasteiger partial charge is 0.0844 e. The maximum Gasteiger partial charge on any atom is 0.0844 e. The van der Waals surface area contributed by atoms with Gasteiger partial charge in [0.05, 0.1) is 17.4 Å². The Balaban J connectivity index is 1.82. The van der Waals surface area contributed by atoms with Crippen LogP contribution in [0, 0.1) is 0 Å². The molecule has 0 radical (unpaired) electrons. The third-order valence-electron chi connectivity index (χ3n) is 4.66. The molecule has 120 valence electrons. The molecule has 0 amide bonds. The summed E-state index contributed by atoms with van der Waals surface area (Å²) in [6.45, 7) is 2.01. The monoisotopic (exact) mass is 328 g/mol. The molecule has 1 saturated carbocycles. The summed E-state index contributed by atoms with van der Waals surface area (Å²) < 4.78 is 0. The van der Waals surface area contributed by atoms with E-state index in [0.717, 1.165) is 40.6 Å². The normalized spacial score (nSPS) is 18.1. The first-order valence-corrected chi connectivity index (χ1v) is 8.42. The van der Waals surface area contributed by atoms with Crippen molar-refractivity contribution in [2.75, 3.05) is 11.6 Å². The van der Waals surface area contributed by atoms with Crippen molar-refractivity contribution < 1.29 is 0 Å². The number of hydrogen-bond donors (Lipinski definition) is 2. The highest BCUT2D eigenvalue weighted by Gasteiger charge is 2.35. The number of halogens is 1. The lowest BCUT2D eigenvalue weighted by atomic mass is 9.98. The van der Waals surface area contributed by atoms with E-state index in [1.807, 2.05) is 17.1 Å². The summed E-state index contributed by atoms with van der Waals surface area (Å²) in [5, 5.41) is 2.68. The molecule has 0 bridgehead atoms. The highest BCUT2D eigenvalue weighted by molar-refractivity contribution is 6.36. The molecule has 4 nitrogen and oxygen atoms in total. The zero-order chi connectivity index (χ0) is 16.0. The molecular formula is C18H21ClN4. The van der Waals surface area contributed by atoms with Crippen LogP contribution in [0.4, 0.5) is 5.69 Å². The van der Waals surface area contributed by atoms with Crippen molar-refractivity contribution in [1.29, 1.82) is 0 Å². The van der Waals surface area contributed by atoms with Gasteiger partial charge in [-0.3, -0.25) is 5.84 Å². The van der Waals surface area contributed by atoms with Gasteiger partial charge >= 0.3 is 0 Å². The molecule has 2 aromatic rings. The molecule has 0 atom stereocenters. The van der Waals surface area contributed by atoms with Crippen LogP contribution < -0.4 is 16.5 Å². The van der Waals surface area contributed by atoms with E-state index in [2.05, 4.69) is 29.2 Å². The molecule has 0 unspecified atom stereocenters. The van der Waals surface area contributed by atoms with E-state index < -0.39 is 0 Å². The Morgan fingerprint density at radius 3 is 2.74 bits per heavy atom. The summed E-state index contributed by atoms with van der Waals surface area (Å²) in [5.74, 6) is 6.08. The Morgan fingerprint density at radius 2 is 2.00 bits per heavy atom. The molecule has 5 heteroatoms. The van der Waals surface area contributed by atoms with Crippen LogP contribution in [0.2, 0.25) is 5.02 Å². The minimum absolute atomic E-state index is 0.534. The lowest BCUT2D eigenvalue weighted by molar-refractivity contribution is 0.259. The largest absolute Gasteiger partial charge is 0.353 e. The van der Waals surface area contributed by atoms with Gasteiger partial charge in [0.1, 0.15) is 0 Å². The van der Waals surface area contributed by atoms with Crippen molar-refractivity contribution in [3.63, 3.8) is 0 Å². The minimum atomic E-state index is 0.534. The maximum absolute atomic E-state index is 6.84. The molecule has 1 aliphatic carbocycles. The zero-order valence-corrected chi connectivity index (χ0v) is 13.8. The second-order valence-corrected chi connectivity index (χ2v) is 6.81. The van der Waals surface area contributed by atoms with E-state index in [1.54, 1.807) is 0 Å². The van der Waals surface area contributed by atoms with Gasteiger partial charge in [0, 0.05) is 24.7 Å². The Kier molecular flexibility index (Phi) is 3.77. The van der Waals surface area contributed by atoms with E-state index >= 15 is 0 Å². The van der Waals surface area contributed by atoms with Crippen molar-refractivity contribution in [2.45, 2.75) is 32.0 Å². The van der Waals surface area contributed by atoms with Gasteiger partial charge in [0.25, 0.3) is 0 Å². The fraction of sp³-hybridized carbons (Fsp3) is 0.333. The molecule has 4 N–H and O–H groups in total. The van der Waals surface area contributed by atoms with Gasteiger partial charge in [0.2, 0.25) is 0 Å². The van der Waals surface area contributed by atoms with Crippen molar-refractivity contribution in [3.8, 4) is 11.1 Å². The van der Waals surface area contributed by atoms with Gasteiger partial charge < -0.3 is 10.6 Å². The standard InChI is InChI=1S/C18H21ClN4/c19-17-16(13-3-1-2-12(8-13)9-20)7-4-14-10-22(21)11-23(18(14)17)15-5-6-15/h1-4,7-8,15H,5-6,9-11,20-21H2. The summed E-state index contributed by atoms with van der Waals surface area (Å²) >= 11 is 6.84. The van der Waals surface area contributed by atoms with E-state index in [-0.39, 0.29) is 0 Å². The van der Waals surface area contributed by atoms with Crippen LogP contribution in [0.3, 0.4) is 0 Å². The molecular weight excluding hydrogens is 308 g/mol. The van der Waals surface area contributed by atoms with Gasteiger partial charge in [0.15, 0.2) is 0 Å². The molecule has 4 rings (SSSR count). The van der Waals surface area contributed by atoms with Gasteiger partial charge in [-0.2, -0.15) is 0 Å². The molecule has 23 heavy (non-hydrogen) atoms. The Morgan fingerprint density at radius 1 is 1.17 bits per heavy atom.